The van der Waals surface area contributed by atoms with Crippen molar-refractivity contribution in [2.45, 2.75) is 18.6 Å². The van der Waals surface area contributed by atoms with E-state index in [0.717, 1.165) is 0 Å². The minimum Gasteiger partial charge on any atom is -0.218 e. The summed E-state index contributed by atoms with van der Waals surface area (Å²) in [5.41, 5.74) is 0.572. The fourth-order valence-electron chi connectivity index (χ4n) is 1.51. The Morgan fingerprint density at radius 2 is 2.00 bits per heavy atom. The van der Waals surface area contributed by atoms with Crippen molar-refractivity contribution in [2.75, 3.05) is 7.05 Å². The van der Waals surface area contributed by atoms with Gasteiger partial charge in [-0.15, -0.1) is 0 Å². The lowest BCUT2D eigenvalue weighted by Crippen LogP contribution is -2.25. The van der Waals surface area contributed by atoms with Crippen LogP contribution in [0.25, 0.3) is 0 Å². The van der Waals surface area contributed by atoms with Crippen LogP contribution in [-0.4, -0.2) is 15.5 Å². The first-order valence-electron chi connectivity index (χ1n) is 4.79. The molecule has 0 radical (unpaired) electrons. The molecule has 0 aliphatic heterocycles. The van der Waals surface area contributed by atoms with E-state index >= 15 is 0 Å². The molecule has 1 unspecified atom stereocenters. The largest absolute Gasteiger partial charge is 0.218 e. The highest BCUT2D eigenvalue weighted by molar-refractivity contribution is 7.89. The van der Waals surface area contributed by atoms with E-state index in [0.29, 0.717) is 22.0 Å². The summed E-state index contributed by atoms with van der Waals surface area (Å²) in [5.74, 6) is 0. The van der Waals surface area contributed by atoms with Crippen LogP contribution >= 0.6 is 23.2 Å². The van der Waals surface area contributed by atoms with Crippen LogP contribution < -0.4 is 4.72 Å². The van der Waals surface area contributed by atoms with Crippen LogP contribution in [0.2, 0.25) is 10.0 Å². The second kappa shape index (κ2) is 5.36. The molecule has 0 heterocycles. The highest BCUT2D eigenvalue weighted by Gasteiger charge is 2.25. The Hall–Kier alpha value is -0.290. The number of nitrogens with one attached hydrogen (secondary N) is 1. The summed E-state index contributed by atoms with van der Waals surface area (Å²) in [5, 5.41) is 0.214. The van der Waals surface area contributed by atoms with Gasteiger partial charge in [-0.1, -0.05) is 36.2 Å². The third kappa shape index (κ3) is 2.88. The van der Waals surface area contributed by atoms with E-state index in [1.807, 2.05) is 0 Å². The monoisotopic (exact) mass is 281 g/mol. The van der Waals surface area contributed by atoms with Gasteiger partial charge in [0.2, 0.25) is 10.0 Å². The van der Waals surface area contributed by atoms with Crippen molar-refractivity contribution in [3.8, 4) is 0 Å². The number of benzene rings is 1. The van der Waals surface area contributed by atoms with E-state index in [9.17, 15) is 8.42 Å². The first-order chi connectivity index (χ1) is 7.42. The summed E-state index contributed by atoms with van der Waals surface area (Å²) in [7, 11) is -1.99. The Kier molecular flexibility index (Phi) is 4.62. The van der Waals surface area contributed by atoms with E-state index in [1.165, 1.54) is 7.05 Å². The zero-order valence-electron chi connectivity index (χ0n) is 9.00. The molecule has 1 N–H and O–H groups in total. The molecule has 1 rings (SSSR count). The predicted molar refractivity (Wildman–Crippen MR) is 67.5 cm³/mol. The molecule has 16 heavy (non-hydrogen) atoms. The summed E-state index contributed by atoms with van der Waals surface area (Å²) in [6.45, 7) is 1.80. The van der Waals surface area contributed by atoms with Crippen molar-refractivity contribution >= 4 is 33.2 Å². The van der Waals surface area contributed by atoms with Crippen molar-refractivity contribution in [3.63, 3.8) is 0 Å². The molecule has 0 aromatic heterocycles. The van der Waals surface area contributed by atoms with Gasteiger partial charge in [-0.25, -0.2) is 13.1 Å². The molecule has 0 saturated carbocycles. The van der Waals surface area contributed by atoms with Crippen LogP contribution in [0.5, 0.6) is 0 Å². The third-order valence-corrected chi connectivity index (χ3v) is 4.81. The Bertz CT molecular complexity index is 474. The molecule has 0 bridgehead atoms. The van der Waals surface area contributed by atoms with E-state index < -0.39 is 15.3 Å². The molecular formula is C10H13Cl2NO2S. The maximum Gasteiger partial charge on any atom is 0.218 e. The molecule has 0 saturated heterocycles. The molecule has 0 aliphatic carbocycles. The van der Waals surface area contributed by atoms with Gasteiger partial charge in [-0.3, -0.25) is 0 Å². The van der Waals surface area contributed by atoms with Crippen LogP contribution in [0.3, 0.4) is 0 Å². The summed E-state index contributed by atoms with van der Waals surface area (Å²) in [6, 6.07) is 4.83. The molecule has 90 valence electrons. The average Bonchev–Trinajstić information content (AvgIpc) is 2.22. The molecule has 1 aromatic rings. The number of hydrogen-bond donors (Lipinski definition) is 1. The summed E-state index contributed by atoms with van der Waals surface area (Å²) < 4.78 is 25.8. The highest BCUT2D eigenvalue weighted by Crippen LogP contribution is 2.32. The van der Waals surface area contributed by atoms with E-state index in [2.05, 4.69) is 4.72 Å². The number of halogens is 2. The standard InChI is InChI=1S/C10H13Cl2NO2S/c1-3-10(16(14,15)13-2)8-5-4-7(11)6-9(8)12/h4-6,10,13H,3H2,1-2H3. The minimum absolute atomic E-state index is 0.373. The zero-order chi connectivity index (χ0) is 12.3. The first-order valence-corrected chi connectivity index (χ1v) is 7.10. The molecule has 0 amide bonds. The fraction of sp³-hybridized carbons (Fsp3) is 0.400. The van der Waals surface area contributed by atoms with Gasteiger partial charge in [0.15, 0.2) is 0 Å². The van der Waals surface area contributed by atoms with Crippen LogP contribution in [0, 0.1) is 0 Å². The maximum absolute atomic E-state index is 11.8. The third-order valence-electron chi connectivity index (χ3n) is 2.34. The van der Waals surface area contributed by atoms with Crippen molar-refractivity contribution in [2.24, 2.45) is 0 Å². The second-order valence-corrected chi connectivity index (χ2v) is 6.22. The lowest BCUT2D eigenvalue weighted by Gasteiger charge is -2.16. The summed E-state index contributed by atoms with van der Waals surface area (Å²) in [6.07, 6.45) is 0.449. The van der Waals surface area contributed by atoms with Gasteiger partial charge < -0.3 is 0 Å². The van der Waals surface area contributed by atoms with Crippen LogP contribution in [0.15, 0.2) is 18.2 Å². The Labute approximate surface area is 106 Å². The quantitative estimate of drug-likeness (QED) is 0.922. The number of hydrogen-bond acceptors (Lipinski definition) is 2. The zero-order valence-corrected chi connectivity index (χ0v) is 11.3. The van der Waals surface area contributed by atoms with E-state index in [-0.39, 0.29) is 0 Å². The number of sulfonamides is 1. The Morgan fingerprint density at radius 1 is 1.38 bits per heavy atom. The van der Waals surface area contributed by atoms with Crippen molar-refractivity contribution < 1.29 is 8.42 Å². The van der Waals surface area contributed by atoms with Crippen LogP contribution in [0.4, 0.5) is 0 Å². The molecule has 6 heteroatoms. The van der Waals surface area contributed by atoms with Gasteiger partial charge in [0, 0.05) is 10.0 Å². The van der Waals surface area contributed by atoms with Gasteiger partial charge in [0.05, 0.1) is 0 Å². The topological polar surface area (TPSA) is 46.2 Å². The number of rotatable bonds is 4. The molecule has 1 atom stereocenters. The molecule has 1 aromatic carbocycles. The van der Waals surface area contributed by atoms with Crippen LogP contribution in [-0.2, 0) is 10.0 Å². The predicted octanol–water partition coefficient (Wildman–Crippen LogP) is 2.99. The van der Waals surface area contributed by atoms with Crippen LogP contribution in [0.1, 0.15) is 24.2 Å². The normalized spacial score (nSPS) is 13.8. The first kappa shape index (κ1) is 13.8. The van der Waals surface area contributed by atoms with Gasteiger partial charge in [-0.05, 0) is 31.2 Å². The Morgan fingerprint density at radius 3 is 2.44 bits per heavy atom. The molecule has 0 aliphatic rings. The van der Waals surface area contributed by atoms with Gasteiger partial charge in [0.1, 0.15) is 5.25 Å². The average molecular weight is 282 g/mol. The highest BCUT2D eigenvalue weighted by atomic mass is 35.5. The van der Waals surface area contributed by atoms with Crippen molar-refractivity contribution in [1.82, 2.24) is 4.72 Å². The summed E-state index contributed by atoms with van der Waals surface area (Å²) in [4.78, 5) is 0. The SMILES string of the molecule is CCC(c1ccc(Cl)cc1Cl)S(=O)(=O)NC. The minimum atomic E-state index is -3.38. The van der Waals surface area contributed by atoms with Gasteiger partial charge in [0.25, 0.3) is 0 Å². The van der Waals surface area contributed by atoms with E-state index in [1.54, 1.807) is 25.1 Å². The second-order valence-electron chi connectivity index (χ2n) is 3.31. The maximum atomic E-state index is 11.8. The molecule has 0 spiro atoms. The van der Waals surface area contributed by atoms with Gasteiger partial charge in [-0.2, -0.15) is 0 Å². The molecule has 3 nitrogen and oxygen atoms in total. The molecule has 0 fully saturated rings. The van der Waals surface area contributed by atoms with E-state index in [4.69, 9.17) is 23.2 Å². The van der Waals surface area contributed by atoms with Crippen molar-refractivity contribution in [1.29, 1.82) is 0 Å². The summed E-state index contributed by atoms with van der Waals surface area (Å²) >= 11 is 11.8. The fourth-order valence-corrected chi connectivity index (χ4v) is 3.38. The lowest BCUT2D eigenvalue weighted by atomic mass is 10.1. The lowest BCUT2D eigenvalue weighted by molar-refractivity contribution is 0.571. The smallest absolute Gasteiger partial charge is 0.218 e. The molecular weight excluding hydrogens is 269 g/mol. The van der Waals surface area contributed by atoms with Crippen molar-refractivity contribution in [3.05, 3.63) is 33.8 Å². The Balaban J connectivity index is 3.25. The van der Waals surface area contributed by atoms with Gasteiger partial charge >= 0.3 is 0 Å².